The van der Waals surface area contributed by atoms with E-state index in [0.29, 0.717) is 11.3 Å². The molecule has 1 saturated carbocycles. The lowest BCUT2D eigenvalue weighted by atomic mass is 10.0. The average Bonchev–Trinajstić information content (AvgIpc) is 3.36. The summed E-state index contributed by atoms with van der Waals surface area (Å²) >= 11 is 0. The van der Waals surface area contributed by atoms with Crippen LogP contribution in [0.1, 0.15) is 37.3 Å². The molecule has 0 aliphatic heterocycles. The molecule has 0 bridgehead atoms. The standard InChI is InChI=1S/C21H20N4O/c1-24-20-13-18(15-10-11-22-17(12-15)14-6-2-3-7-14)23-25(20)19-9-5-4-8-16(19)21(24)26/h4-5,8-14H,2-3,6-7H2,1H3. The summed E-state index contributed by atoms with van der Waals surface area (Å²) in [5.74, 6) is 0.567. The van der Waals surface area contributed by atoms with Gasteiger partial charge in [-0.1, -0.05) is 25.0 Å². The minimum absolute atomic E-state index is 0.000855. The first kappa shape index (κ1) is 15.3. The second kappa shape index (κ2) is 5.80. The van der Waals surface area contributed by atoms with Crippen LogP contribution >= 0.6 is 0 Å². The number of hydrogen-bond acceptors (Lipinski definition) is 3. The van der Waals surface area contributed by atoms with Gasteiger partial charge in [-0.15, -0.1) is 0 Å². The Morgan fingerprint density at radius 1 is 1.08 bits per heavy atom. The summed E-state index contributed by atoms with van der Waals surface area (Å²) in [6, 6.07) is 13.8. The van der Waals surface area contributed by atoms with Crippen molar-refractivity contribution in [2.75, 3.05) is 0 Å². The highest BCUT2D eigenvalue weighted by Crippen LogP contribution is 2.34. The fraction of sp³-hybridized carbons (Fsp3) is 0.286. The molecule has 0 amide bonds. The summed E-state index contributed by atoms with van der Waals surface area (Å²) in [4.78, 5) is 17.2. The highest BCUT2D eigenvalue weighted by Gasteiger charge is 2.19. The van der Waals surface area contributed by atoms with E-state index in [9.17, 15) is 4.79 Å². The van der Waals surface area contributed by atoms with Gasteiger partial charge in [0.1, 0.15) is 5.65 Å². The van der Waals surface area contributed by atoms with E-state index in [0.717, 1.165) is 28.1 Å². The van der Waals surface area contributed by atoms with Gasteiger partial charge < -0.3 is 0 Å². The number of rotatable bonds is 2. The van der Waals surface area contributed by atoms with E-state index in [1.54, 1.807) is 11.6 Å². The summed E-state index contributed by atoms with van der Waals surface area (Å²) in [5.41, 5.74) is 4.72. The second-order valence-corrected chi connectivity index (χ2v) is 7.13. The predicted octanol–water partition coefficient (Wildman–Crippen LogP) is 3.91. The van der Waals surface area contributed by atoms with E-state index in [4.69, 9.17) is 5.10 Å². The lowest BCUT2D eigenvalue weighted by Crippen LogP contribution is -2.19. The van der Waals surface area contributed by atoms with E-state index in [1.165, 1.54) is 25.7 Å². The topological polar surface area (TPSA) is 52.2 Å². The fourth-order valence-electron chi connectivity index (χ4n) is 4.10. The van der Waals surface area contributed by atoms with E-state index in [2.05, 4.69) is 11.1 Å². The molecule has 1 aliphatic rings. The molecule has 5 heteroatoms. The van der Waals surface area contributed by atoms with Crippen LogP contribution in [-0.2, 0) is 7.05 Å². The smallest absolute Gasteiger partial charge is 0.261 e. The molecule has 1 fully saturated rings. The lowest BCUT2D eigenvalue weighted by molar-refractivity contribution is 0.698. The van der Waals surface area contributed by atoms with Crippen molar-refractivity contribution in [3.63, 3.8) is 0 Å². The molecular formula is C21H20N4O. The van der Waals surface area contributed by atoms with Gasteiger partial charge in [0.2, 0.25) is 0 Å². The van der Waals surface area contributed by atoms with Gasteiger partial charge >= 0.3 is 0 Å². The third-order valence-electron chi connectivity index (χ3n) is 5.55. The highest BCUT2D eigenvalue weighted by molar-refractivity contribution is 5.81. The molecule has 5 nitrogen and oxygen atoms in total. The number of fused-ring (bicyclic) bond motifs is 3. The van der Waals surface area contributed by atoms with Gasteiger partial charge in [0.05, 0.1) is 16.6 Å². The summed E-state index contributed by atoms with van der Waals surface area (Å²) in [5, 5.41) is 5.49. The number of benzene rings is 1. The molecule has 5 rings (SSSR count). The minimum Gasteiger partial charge on any atom is -0.296 e. The quantitative estimate of drug-likeness (QED) is 0.554. The van der Waals surface area contributed by atoms with Gasteiger partial charge in [0, 0.05) is 36.5 Å². The molecular weight excluding hydrogens is 324 g/mol. The third-order valence-corrected chi connectivity index (χ3v) is 5.55. The third kappa shape index (κ3) is 2.27. The van der Waals surface area contributed by atoms with Crippen molar-refractivity contribution in [2.45, 2.75) is 31.6 Å². The Kier molecular flexibility index (Phi) is 3.42. The van der Waals surface area contributed by atoms with Gasteiger partial charge in [-0.25, -0.2) is 4.52 Å². The Bertz CT molecular complexity index is 1180. The zero-order valence-corrected chi connectivity index (χ0v) is 14.7. The van der Waals surface area contributed by atoms with Crippen LogP contribution in [0.15, 0.2) is 53.5 Å². The second-order valence-electron chi connectivity index (χ2n) is 7.13. The maximum Gasteiger partial charge on any atom is 0.261 e. The van der Waals surface area contributed by atoms with Crippen LogP contribution in [0.5, 0.6) is 0 Å². The first-order valence-electron chi connectivity index (χ1n) is 9.16. The Hall–Kier alpha value is -2.95. The zero-order valence-electron chi connectivity index (χ0n) is 14.7. The number of aryl methyl sites for hydroxylation is 1. The van der Waals surface area contributed by atoms with Crippen molar-refractivity contribution >= 4 is 16.6 Å². The van der Waals surface area contributed by atoms with Crippen molar-refractivity contribution in [1.82, 2.24) is 19.2 Å². The number of nitrogens with zero attached hydrogens (tertiary/aromatic N) is 4. The highest BCUT2D eigenvalue weighted by atomic mass is 16.1. The van der Waals surface area contributed by atoms with Crippen LogP contribution in [0.25, 0.3) is 27.8 Å². The van der Waals surface area contributed by atoms with Gasteiger partial charge in [0.25, 0.3) is 5.56 Å². The van der Waals surface area contributed by atoms with E-state index in [-0.39, 0.29) is 5.56 Å². The molecule has 0 N–H and O–H groups in total. The SMILES string of the molecule is Cn1c(=O)c2ccccc2n2nc(-c3ccnc(C4CCCC4)c3)cc12. The Labute approximate surface area is 150 Å². The Morgan fingerprint density at radius 2 is 1.88 bits per heavy atom. The minimum atomic E-state index is 0.000855. The normalized spacial score (nSPS) is 15.3. The lowest BCUT2D eigenvalue weighted by Gasteiger charge is -2.08. The molecule has 4 aromatic rings. The van der Waals surface area contributed by atoms with Crippen molar-refractivity contribution in [3.8, 4) is 11.3 Å². The van der Waals surface area contributed by atoms with E-state index >= 15 is 0 Å². The molecule has 26 heavy (non-hydrogen) atoms. The van der Waals surface area contributed by atoms with Crippen LogP contribution in [0.3, 0.4) is 0 Å². The van der Waals surface area contributed by atoms with Crippen LogP contribution in [0, 0.1) is 0 Å². The molecule has 1 aromatic carbocycles. The maximum absolute atomic E-state index is 12.6. The Balaban J connectivity index is 1.71. The van der Waals surface area contributed by atoms with Gasteiger partial charge in [-0.2, -0.15) is 5.10 Å². The number of pyridine rings is 1. The first-order chi connectivity index (χ1) is 12.7. The number of hydrogen-bond donors (Lipinski definition) is 0. The van der Waals surface area contributed by atoms with Crippen LogP contribution < -0.4 is 5.56 Å². The van der Waals surface area contributed by atoms with Crippen LogP contribution in [-0.4, -0.2) is 19.2 Å². The zero-order chi connectivity index (χ0) is 17.7. The Morgan fingerprint density at radius 3 is 2.73 bits per heavy atom. The molecule has 0 unspecified atom stereocenters. The largest absolute Gasteiger partial charge is 0.296 e. The molecule has 130 valence electrons. The molecule has 1 aliphatic carbocycles. The van der Waals surface area contributed by atoms with Crippen LogP contribution in [0.4, 0.5) is 0 Å². The monoisotopic (exact) mass is 344 g/mol. The van der Waals surface area contributed by atoms with Crippen molar-refractivity contribution in [3.05, 3.63) is 64.7 Å². The van der Waals surface area contributed by atoms with Gasteiger partial charge in [-0.05, 0) is 37.1 Å². The van der Waals surface area contributed by atoms with Crippen molar-refractivity contribution in [1.29, 1.82) is 0 Å². The summed E-state index contributed by atoms with van der Waals surface area (Å²) in [6.45, 7) is 0. The summed E-state index contributed by atoms with van der Waals surface area (Å²) in [7, 11) is 1.80. The number of para-hydroxylation sites is 1. The fourth-order valence-corrected chi connectivity index (χ4v) is 4.10. The van der Waals surface area contributed by atoms with Gasteiger partial charge in [0.15, 0.2) is 0 Å². The van der Waals surface area contributed by atoms with Crippen molar-refractivity contribution < 1.29 is 0 Å². The van der Waals surface area contributed by atoms with Crippen molar-refractivity contribution in [2.24, 2.45) is 7.05 Å². The molecule has 3 heterocycles. The van der Waals surface area contributed by atoms with Crippen LogP contribution in [0.2, 0.25) is 0 Å². The average molecular weight is 344 g/mol. The first-order valence-corrected chi connectivity index (χ1v) is 9.16. The number of aromatic nitrogens is 4. The molecule has 0 radical (unpaired) electrons. The van der Waals surface area contributed by atoms with E-state index in [1.807, 2.05) is 47.1 Å². The summed E-state index contributed by atoms with van der Waals surface area (Å²) < 4.78 is 3.53. The van der Waals surface area contributed by atoms with Gasteiger partial charge in [-0.3, -0.25) is 14.3 Å². The summed E-state index contributed by atoms with van der Waals surface area (Å²) in [6.07, 6.45) is 6.91. The van der Waals surface area contributed by atoms with E-state index < -0.39 is 0 Å². The maximum atomic E-state index is 12.6. The predicted molar refractivity (Wildman–Crippen MR) is 102 cm³/mol. The molecule has 0 atom stereocenters. The molecule has 3 aromatic heterocycles. The molecule has 0 saturated heterocycles. The molecule has 0 spiro atoms.